The number of benzene rings is 2. The van der Waals surface area contributed by atoms with Gasteiger partial charge >= 0.3 is 6.18 Å². The number of ether oxygens (including phenoxy) is 1. The molecular formula is C18H17F3N2O3. The van der Waals surface area contributed by atoms with Crippen LogP contribution in [0.2, 0.25) is 0 Å². The van der Waals surface area contributed by atoms with Crippen LogP contribution in [0.1, 0.15) is 22.3 Å². The average molecular weight is 366 g/mol. The van der Waals surface area contributed by atoms with Crippen molar-refractivity contribution in [3.8, 4) is 11.5 Å². The molecule has 0 saturated heterocycles. The molecule has 1 heterocycles. The second-order valence-electron chi connectivity index (χ2n) is 5.96. The molecule has 0 aromatic heterocycles. The minimum atomic E-state index is -4.49. The summed E-state index contributed by atoms with van der Waals surface area (Å²) in [6.07, 6.45) is -4.40. The van der Waals surface area contributed by atoms with Gasteiger partial charge < -0.3 is 20.1 Å². The number of hydrogen-bond donors (Lipinski definition) is 2. The number of anilines is 1. The van der Waals surface area contributed by atoms with E-state index in [0.29, 0.717) is 12.2 Å². The van der Waals surface area contributed by atoms with Crippen LogP contribution in [0.15, 0.2) is 42.5 Å². The molecule has 1 aliphatic heterocycles. The lowest BCUT2D eigenvalue weighted by Gasteiger charge is -2.20. The molecule has 0 aliphatic carbocycles. The molecule has 2 aromatic carbocycles. The van der Waals surface area contributed by atoms with E-state index in [9.17, 15) is 23.1 Å². The molecule has 3 rings (SSSR count). The molecule has 5 nitrogen and oxygen atoms in total. The third kappa shape index (κ3) is 3.68. The fourth-order valence-electron chi connectivity index (χ4n) is 2.77. The van der Waals surface area contributed by atoms with E-state index in [-0.39, 0.29) is 24.1 Å². The summed E-state index contributed by atoms with van der Waals surface area (Å²) in [5, 5.41) is 12.1. The number of nitrogens with zero attached hydrogens (tertiary/aromatic N) is 1. The zero-order valence-corrected chi connectivity index (χ0v) is 13.9. The van der Waals surface area contributed by atoms with Crippen molar-refractivity contribution in [2.24, 2.45) is 0 Å². The number of hydrogen-bond acceptors (Lipinski definition) is 4. The van der Waals surface area contributed by atoms with Gasteiger partial charge in [-0.1, -0.05) is 6.07 Å². The van der Waals surface area contributed by atoms with Gasteiger partial charge in [0.2, 0.25) is 0 Å². The largest absolute Gasteiger partial charge is 0.508 e. The van der Waals surface area contributed by atoms with Crippen LogP contribution in [0.3, 0.4) is 0 Å². The van der Waals surface area contributed by atoms with Crippen LogP contribution in [0, 0.1) is 0 Å². The van der Waals surface area contributed by atoms with Gasteiger partial charge in [0, 0.05) is 31.6 Å². The number of aromatic hydroxyl groups is 1. The molecule has 2 aromatic rings. The van der Waals surface area contributed by atoms with Crippen LogP contribution >= 0.6 is 0 Å². The molecule has 0 saturated carbocycles. The Balaban J connectivity index is 1.57. The van der Waals surface area contributed by atoms with E-state index in [4.69, 9.17) is 4.74 Å². The summed E-state index contributed by atoms with van der Waals surface area (Å²) in [5.41, 5.74) is -0.0926. The molecule has 0 bridgehead atoms. The van der Waals surface area contributed by atoms with Gasteiger partial charge in [-0.25, -0.2) is 0 Å². The Morgan fingerprint density at radius 1 is 1.27 bits per heavy atom. The number of alkyl halides is 3. The Morgan fingerprint density at radius 2 is 2.04 bits per heavy atom. The molecule has 138 valence electrons. The highest BCUT2D eigenvalue weighted by molar-refractivity contribution is 5.94. The van der Waals surface area contributed by atoms with E-state index in [0.717, 1.165) is 17.8 Å². The van der Waals surface area contributed by atoms with Crippen LogP contribution in [0.25, 0.3) is 0 Å². The van der Waals surface area contributed by atoms with Crippen molar-refractivity contribution in [3.63, 3.8) is 0 Å². The second kappa shape index (κ2) is 6.78. The molecule has 1 atom stereocenters. The molecule has 1 aliphatic rings. The fourth-order valence-corrected chi connectivity index (χ4v) is 2.77. The fraction of sp³-hybridized carbons (Fsp3) is 0.278. The van der Waals surface area contributed by atoms with Gasteiger partial charge in [0.15, 0.2) is 6.23 Å². The van der Waals surface area contributed by atoms with E-state index in [1.807, 2.05) is 11.9 Å². The molecule has 1 amide bonds. The minimum Gasteiger partial charge on any atom is -0.508 e. The van der Waals surface area contributed by atoms with Crippen LogP contribution in [0.4, 0.5) is 18.9 Å². The molecule has 0 fully saturated rings. The van der Waals surface area contributed by atoms with Crippen LogP contribution in [-0.4, -0.2) is 30.8 Å². The number of rotatable bonds is 4. The van der Waals surface area contributed by atoms with E-state index >= 15 is 0 Å². The SMILES string of the molecule is CN1c2ccc(O)cc2OC1CCNC(=O)c1cccc(C(F)(F)F)c1. The van der Waals surface area contributed by atoms with E-state index in [2.05, 4.69) is 5.32 Å². The van der Waals surface area contributed by atoms with Crippen molar-refractivity contribution in [2.45, 2.75) is 18.8 Å². The van der Waals surface area contributed by atoms with Gasteiger partial charge in [-0.2, -0.15) is 13.2 Å². The lowest BCUT2D eigenvalue weighted by atomic mass is 10.1. The third-order valence-corrected chi connectivity index (χ3v) is 4.15. The lowest BCUT2D eigenvalue weighted by Crippen LogP contribution is -2.35. The third-order valence-electron chi connectivity index (χ3n) is 4.15. The average Bonchev–Trinajstić information content (AvgIpc) is 2.89. The molecule has 2 N–H and O–H groups in total. The molecular weight excluding hydrogens is 349 g/mol. The number of carbonyl (C=O) groups is 1. The number of phenols is 1. The summed E-state index contributed by atoms with van der Waals surface area (Å²) in [5.74, 6) is 0.0595. The number of amides is 1. The van der Waals surface area contributed by atoms with Crippen molar-refractivity contribution in [1.82, 2.24) is 5.32 Å². The standard InChI is InChI=1S/C18H17F3N2O3/c1-23-14-6-5-13(24)10-15(14)26-16(23)7-8-22-17(25)11-3-2-4-12(9-11)18(19,20)21/h2-6,9-10,16,24H,7-8H2,1H3,(H,22,25). The summed E-state index contributed by atoms with van der Waals surface area (Å²) >= 11 is 0. The van der Waals surface area contributed by atoms with Crippen molar-refractivity contribution in [2.75, 3.05) is 18.5 Å². The van der Waals surface area contributed by atoms with Crippen LogP contribution in [-0.2, 0) is 6.18 Å². The molecule has 26 heavy (non-hydrogen) atoms. The summed E-state index contributed by atoms with van der Waals surface area (Å²) < 4.78 is 43.9. The Bertz CT molecular complexity index is 824. The summed E-state index contributed by atoms with van der Waals surface area (Å²) in [4.78, 5) is 13.9. The Morgan fingerprint density at radius 3 is 2.77 bits per heavy atom. The first-order valence-corrected chi connectivity index (χ1v) is 7.93. The zero-order chi connectivity index (χ0) is 18.9. The summed E-state index contributed by atoms with van der Waals surface area (Å²) in [6.45, 7) is 0.226. The van der Waals surface area contributed by atoms with Crippen LogP contribution in [0.5, 0.6) is 11.5 Å². The van der Waals surface area contributed by atoms with E-state index < -0.39 is 17.6 Å². The van der Waals surface area contributed by atoms with Gasteiger partial charge in [-0.05, 0) is 30.3 Å². The number of phenolic OH excluding ortho intramolecular Hbond substituents is 1. The number of halogens is 3. The van der Waals surface area contributed by atoms with Gasteiger partial charge in [-0.15, -0.1) is 0 Å². The van der Waals surface area contributed by atoms with Crippen LogP contribution < -0.4 is 15.0 Å². The van der Waals surface area contributed by atoms with E-state index in [1.54, 1.807) is 12.1 Å². The first-order chi connectivity index (χ1) is 12.3. The topological polar surface area (TPSA) is 61.8 Å². The molecule has 8 heteroatoms. The quantitative estimate of drug-likeness (QED) is 0.871. The zero-order valence-electron chi connectivity index (χ0n) is 13.9. The van der Waals surface area contributed by atoms with Crippen molar-refractivity contribution in [1.29, 1.82) is 0 Å². The molecule has 0 spiro atoms. The van der Waals surface area contributed by atoms with Crippen molar-refractivity contribution in [3.05, 3.63) is 53.6 Å². The highest BCUT2D eigenvalue weighted by atomic mass is 19.4. The molecule has 0 radical (unpaired) electrons. The maximum absolute atomic E-state index is 12.7. The number of carbonyl (C=O) groups excluding carboxylic acids is 1. The highest BCUT2D eigenvalue weighted by Crippen LogP contribution is 2.39. The number of nitrogens with one attached hydrogen (secondary N) is 1. The Kier molecular flexibility index (Phi) is 4.67. The lowest BCUT2D eigenvalue weighted by molar-refractivity contribution is -0.137. The predicted octanol–water partition coefficient (Wildman–Crippen LogP) is 3.39. The molecule has 1 unspecified atom stereocenters. The first-order valence-electron chi connectivity index (χ1n) is 7.93. The maximum Gasteiger partial charge on any atom is 0.416 e. The van der Waals surface area contributed by atoms with Crippen molar-refractivity contribution < 1.29 is 27.8 Å². The maximum atomic E-state index is 12.7. The normalized spacial score (nSPS) is 16.2. The van der Waals surface area contributed by atoms with Gasteiger partial charge in [0.05, 0.1) is 11.3 Å². The summed E-state index contributed by atoms with van der Waals surface area (Å²) in [6, 6.07) is 9.07. The second-order valence-corrected chi connectivity index (χ2v) is 5.96. The predicted molar refractivity (Wildman–Crippen MR) is 89.3 cm³/mol. The Hall–Kier alpha value is -2.90. The van der Waals surface area contributed by atoms with Gasteiger partial charge in [0.25, 0.3) is 5.91 Å². The smallest absolute Gasteiger partial charge is 0.416 e. The highest BCUT2D eigenvalue weighted by Gasteiger charge is 2.31. The van der Waals surface area contributed by atoms with Gasteiger partial charge in [0.1, 0.15) is 11.5 Å². The monoisotopic (exact) mass is 366 g/mol. The summed E-state index contributed by atoms with van der Waals surface area (Å²) in [7, 11) is 1.82. The Labute approximate surface area is 148 Å². The van der Waals surface area contributed by atoms with Gasteiger partial charge in [-0.3, -0.25) is 4.79 Å². The van der Waals surface area contributed by atoms with Crippen molar-refractivity contribution >= 4 is 11.6 Å². The number of fused-ring (bicyclic) bond motifs is 1. The minimum absolute atomic E-state index is 0.0475. The van der Waals surface area contributed by atoms with E-state index in [1.165, 1.54) is 18.2 Å². The first kappa shape index (κ1) is 17.9.